The van der Waals surface area contributed by atoms with Crippen molar-refractivity contribution in [3.63, 3.8) is 0 Å². The van der Waals surface area contributed by atoms with Gasteiger partial charge in [-0.15, -0.1) is 0 Å². The zero-order chi connectivity index (χ0) is 19.2. The van der Waals surface area contributed by atoms with Crippen molar-refractivity contribution in [2.45, 2.75) is 13.8 Å². The Morgan fingerprint density at radius 1 is 1.19 bits per heavy atom. The first-order valence-electron chi connectivity index (χ1n) is 8.46. The maximum absolute atomic E-state index is 12.3. The Kier molecular flexibility index (Phi) is 5.88. The minimum absolute atomic E-state index is 0.326. The molecule has 0 radical (unpaired) electrons. The predicted octanol–water partition coefficient (Wildman–Crippen LogP) is 4.28. The van der Waals surface area contributed by atoms with Crippen molar-refractivity contribution in [2.24, 2.45) is 5.10 Å². The van der Waals surface area contributed by atoms with E-state index in [1.807, 2.05) is 50.2 Å². The maximum Gasteiger partial charge on any atom is 0.289 e. The molecule has 6 nitrogen and oxygen atoms in total. The van der Waals surface area contributed by atoms with Crippen LogP contribution >= 0.6 is 11.6 Å². The van der Waals surface area contributed by atoms with E-state index in [4.69, 9.17) is 16.3 Å². The number of nitrogens with zero attached hydrogens (tertiary/aromatic N) is 2. The van der Waals surface area contributed by atoms with Crippen LogP contribution in [0.15, 0.2) is 59.7 Å². The van der Waals surface area contributed by atoms with Gasteiger partial charge in [0.25, 0.3) is 5.91 Å². The van der Waals surface area contributed by atoms with Gasteiger partial charge in [0.2, 0.25) is 0 Å². The number of hydrazone groups is 1. The van der Waals surface area contributed by atoms with Crippen molar-refractivity contribution in [1.29, 1.82) is 0 Å². The van der Waals surface area contributed by atoms with Gasteiger partial charge in [-0.2, -0.15) is 10.2 Å². The van der Waals surface area contributed by atoms with Gasteiger partial charge < -0.3 is 4.74 Å². The molecule has 1 heterocycles. The lowest BCUT2D eigenvalue weighted by Crippen LogP contribution is -2.19. The Morgan fingerprint density at radius 2 is 1.89 bits per heavy atom. The summed E-state index contributed by atoms with van der Waals surface area (Å²) in [5.74, 6) is 0.426. The number of nitrogens with one attached hydrogen (secondary N) is 2. The van der Waals surface area contributed by atoms with E-state index in [2.05, 4.69) is 20.7 Å². The fourth-order valence-corrected chi connectivity index (χ4v) is 2.55. The van der Waals surface area contributed by atoms with Crippen molar-refractivity contribution in [2.75, 3.05) is 6.61 Å². The Bertz CT molecular complexity index is 947. The second-order valence-electron chi connectivity index (χ2n) is 5.77. The van der Waals surface area contributed by atoms with Crippen molar-refractivity contribution in [1.82, 2.24) is 15.6 Å². The zero-order valence-corrected chi connectivity index (χ0v) is 15.7. The van der Waals surface area contributed by atoms with E-state index in [-0.39, 0.29) is 5.91 Å². The van der Waals surface area contributed by atoms with E-state index in [0.29, 0.717) is 28.7 Å². The van der Waals surface area contributed by atoms with E-state index in [1.165, 1.54) is 0 Å². The third-order valence-electron chi connectivity index (χ3n) is 3.87. The quantitative estimate of drug-likeness (QED) is 0.493. The lowest BCUT2D eigenvalue weighted by molar-refractivity contribution is 0.0950. The van der Waals surface area contributed by atoms with Gasteiger partial charge in [-0.05, 0) is 61.9 Å². The molecule has 0 aliphatic carbocycles. The van der Waals surface area contributed by atoms with Gasteiger partial charge in [0, 0.05) is 10.6 Å². The molecule has 0 fully saturated rings. The van der Waals surface area contributed by atoms with Gasteiger partial charge in [-0.3, -0.25) is 9.89 Å². The Hall–Kier alpha value is -3.12. The monoisotopic (exact) mass is 382 g/mol. The summed E-state index contributed by atoms with van der Waals surface area (Å²) in [6, 6.07) is 16.4. The molecular weight excluding hydrogens is 364 g/mol. The summed E-state index contributed by atoms with van der Waals surface area (Å²) in [6.07, 6.45) is 0. The van der Waals surface area contributed by atoms with Crippen LogP contribution in [0.1, 0.15) is 29.9 Å². The van der Waals surface area contributed by atoms with Crippen molar-refractivity contribution >= 4 is 23.2 Å². The molecule has 27 heavy (non-hydrogen) atoms. The molecule has 2 N–H and O–H groups in total. The van der Waals surface area contributed by atoms with Crippen LogP contribution in [0.2, 0.25) is 5.02 Å². The molecule has 0 saturated heterocycles. The van der Waals surface area contributed by atoms with Crippen LogP contribution in [0.4, 0.5) is 0 Å². The number of aromatic amines is 1. The normalized spacial score (nSPS) is 11.3. The van der Waals surface area contributed by atoms with Gasteiger partial charge >= 0.3 is 0 Å². The van der Waals surface area contributed by atoms with Gasteiger partial charge in [0.05, 0.1) is 18.0 Å². The number of H-pyrrole nitrogens is 1. The number of benzene rings is 2. The minimum Gasteiger partial charge on any atom is -0.494 e. The second-order valence-corrected chi connectivity index (χ2v) is 6.21. The van der Waals surface area contributed by atoms with Crippen LogP contribution in [-0.4, -0.2) is 28.4 Å². The number of rotatable bonds is 6. The fourth-order valence-electron chi connectivity index (χ4n) is 2.43. The summed E-state index contributed by atoms with van der Waals surface area (Å²) in [7, 11) is 0. The molecule has 0 aliphatic heterocycles. The SMILES string of the molecule is CCOc1ccc(-c2cc(C(=O)N/N=C(\C)c3ccc(Cl)cc3)[nH]n2)cc1. The third kappa shape index (κ3) is 4.74. The van der Waals surface area contributed by atoms with Gasteiger partial charge in [-0.25, -0.2) is 5.43 Å². The van der Waals surface area contributed by atoms with Gasteiger partial charge in [0.15, 0.2) is 0 Å². The molecule has 138 valence electrons. The summed E-state index contributed by atoms with van der Waals surface area (Å²) < 4.78 is 5.42. The predicted molar refractivity (Wildman–Crippen MR) is 106 cm³/mol. The van der Waals surface area contributed by atoms with Crippen LogP contribution in [0.3, 0.4) is 0 Å². The highest BCUT2D eigenvalue weighted by atomic mass is 35.5. The van der Waals surface area contributed by atoms with E-state index < -0.39 is 0 Å². The van der Waals surface area contributed by atoms with Crippen molar-refractivity contribution < 1.29 is 9.53 Å². The van der Waals surface area contributed by atoms with Crippen LogP contribution in [0.5, 0.6) is 5.75 Å². The number of hydrogen-bond donors (Lipinski definition) is 2. The largest absolute Gasteiger partial charge is 0.494 e. The van der Waals surface area contributed by atoms with E-state index in [1.54, 1.807) is 18.2 Å². The average molecular weight is 383 g/mol. The third-order valence-corrected chi connectivity index (χ3v) is 4.12. The highest BCUT2D eigenvalue weighted by Gasteiger charge is 2.11. The molecule has 2 aromatic carbocycles. The highest BCUT2D eigenvalue weighted by molar-refractivity contribution is 6.30. The summed E-state index contributed by atoms with van der Waals surface area (Å²) in [5, 5.41) is 11.7. The first-order chi connectivity index (χ1) is 13.1. The number of ether oxygens (including phenoxy) is 1. The lowest BCUT2D eigenvalue weighted by Gasteiger charge is -2.03. The number of aromatic nitrogens is 2. The molecule has 0 bridgehead atoms. The lowest BCUT2D eigenvalue weighted by atomic mass is 10.1. The molecule has 1 amide bonds. The maximum atomic E-state index is 12.3. The Labute approximate surface area is 162 Å². The number of hydrogen-bond acceptors (Lipinski definition) is 4. The number of halogens is 1. The number of carbonyl (C=O) groups is 1. The average Bonchev–Trinajstić information content (AvgIpc) is 3.17. The molecular formula is C20H19ClN4O2. The smallest absolute Gasteiger partial charge is 0.289 e. The van der Waals surface area contributed by atoms with Crippen LogP contribution in [0, 0.1) is 0 Å². The topological polar surface area (TPSA) is 79.4 Å². The second kappa shape index (κ2) is 8.51. The molecule has 0 unspecified atom stereocenters. The molecule has 0 saturated carbocycles. The summed E-state index contributed by atoms with van der Waals surface area (Å²) >= 11 is 5.87. The van der Waals surface area contributed by atoms with E-state index in [0.717, 1.165) is 16.9 Å². The van der Waals surface area contributed by atoms with Crippen molar-refractivity contribution in [3.8, 4) is 17.0 Å². The first kappa shape index (κ1) is 18.7. The molecule has 0 atom stereocenters. The first-order valence-corrected chi connectivity index (χ1v) is 8.84. The highest BCUT2D eigenvalue weighted by Crippen LogP contribution is 2.21. The fraction of sp³-hybridized carbons (Fsp3) is 0.150. The van der Waals surface area contributed by atoms with Crippen molar-refractivity contribution in [3.05, 3.63) is 70.9 Å². The molecule has 1 aromatic heterocycles. The molecule has 3 aromatic rings. The zero-order valence-electron chi connectivity index (χ0n) is 15.0. The standard InChI is InChI=1S/C20H19ClN4O2/c1-3-27-17-10-6-15(7-11-17)18-12-19(24-23-18)20(26)25-22-13(2)14-4-8-16(21)9-5-14/h4-12H,3H2,1-2H3,(H,23,24)(H,25,26)/b22-13+. The van der Waals surface area contributed by atoms with Gasteiger partial charge in [0.1, 0.15) is 11.4 Å². The molecule has 0 spiro atoms. The van der Waals surface area contributed by atoms with Crippen LogP contribution in [0.25, 0.3) is 11.3 Å². The number of carbonyl (C=O) groups excluding carboxylic acids is 1. The van der Waals surface area contributed by atoms with Gasteiger partial charge in [-0.1, -0.05) is 23.7 Å². The van der Waals surface area contributed by atoms with Crippen LogP contribution < -0.4 is 10.2 Å². The number of amides is 1. The van der Waals surface area contributed by atoms with E-state index in [9.17, 15) is 4.79 Å². The minimum atomic E-state index is -0.368. The molecule has 3 rings (SSSR count). The summed E-state index contributed by atoms with van der Waals surface area (Å²) in [5.41, 5.74) is 5.95. The Morgan fingerprint density at radius 3 is 2.56 bits per heavy atom. The summed E-state index contributed by atoms with van der Waals surface area (Å²) in [6.45, 7) is 4.35. The van der Waals surface area contributed by atoms with Crippen LogP contribution in [-0.2, 0) is 0 Å². The summed E-state index contributed by atoms with van der Waals surface area (Å²) in [4.78, 5) is 12.3. The molecule has 0 aliphatic rings. The van der Waals surface area contributed by atoms with E-state index >= 15 is 0 Å². The molecule has 7 heteroatoms. The Balaban J connectivity index is 1.67.